The Balaban J connectivity index is 3.15. The molecule has 0 aliphatic carbocycles. The summed E-state index contributed by atoms with van der Waals surface area (Å²) in [7, 11) is 0. The molecule has 14 heavy (non-hydrogen) atoms. The highest BCUT2D eigenvalue weighted by Gasteiger charge is 2.25. The minimum absolute atomic E-state index is 0.0324. The van der Waals surface area contributed by atoms with Crippen LogP contribution >= 0.6 is 0 Å². The van der Waals surface area contributed by atoms with Gasteiger partial charge in [-0.3, -0.25) is 0 Å². The molecular weight excluding hydrogens is 191 g/mol. The number of benzene rings is 1. The zero-order valence-electron chi connectivity index (χ0n) is 7.81. The van der Waals surface area contributed by atoms with Crippen LogP contribution < -0.4 is 5.73 Å². The first kappa shape index (κ1) is 11.0. The molecule has 0 amide bonds. The molecule has 0 aliphatic heterocycles. The average molecular weight is 203 g/mol. The third kappa shape index (κ3) is 2.07. The molecule has 1 rings (SSSR count). The molecule has 0 aliphatic rings. The van der Waals surface area contributed by atoms with Gasteiger partial charge in [0.1, 0.15) is 5.82 Å². The Morgan fingerprint density at radius 2 is 2.00 bits per heavy atom. The van der Waals surface area contributed by atoms with Gasteiger partial charge in [0.2, 0.25) is 6.43 Å². The number of halogens is 3. The van der Waals surface area contributed by atoms with E-state index in [1.807, 2.05) is 0 Å². The summed E-state index contributed by atoms with van der Waals surface area (Å²) in [5.74, 6) is -1.82. The smallest absolute Gasteiger partial charge is 0.246 e. The Morgan fingerprint density at radius 1 is 1.36 bits per heavy atom. The van der Waals surface area contributed by atoms with Crippen molar-refractivity contribution in [2.24, 2.45) is 5.73 Å². The molecule has 0 spiro atoms. The van der Waals surface area contributed by atoms with Crippen LogP contribution in [0.5, 0.6) is 0 Å². The van der Waals surface area contributed by atoms with Crippen LogP contribution in [0.25, 0.3) is 0 Å². The summed E-state index contributed by atoms with van der Waals surface area (Å²) in [6, 6.07) is 4.27. The maximum atomic E-state index is 13.3. The van der Waals surface area contributed by atoms with Crippen molar-refractivity contribution < 1.29 is 13.2 Å². The van der Waals surface area contributed by atoms with Crippen molar-refractivity contribution >= 4 is 0 Å². The van der Waals surface area contributed by atoms with Gasteiger partial charge in [-0.2, -0.15) is 0 Å². The standard InChI is InChI=1S/C10H12F3N/c1-6-3-2-4-8(11)9(6)7(5-14)10(12)13/h2-4,7,10H,5,14H2,1H3. The lowest BCUT2D eigenvalue weighted by atomic mass is 9.94. The highest BCUT2D eigenvalue weighted by molar-refractivity contribution is 5.31. The topological polar surface area (TPSA) is 26.0 Å². The molecule has 0 fully saturated rings. The third-order valence-electron chi connectivity index (χ3n) is 2.20. The number of hydrogen-bond donors (Lipinski definition) is 1. The maximum Gasteiger partial charge on any atom is 0.246 e. The van der Waals surface area contributed by atoms with E-state index >= 15 is 0 Å². The van der Waals surface area contributed by atoms with E-state index in [-0.39, 0.29) is 12.1 Å². The van der Waals surface area contributed by atoms with Crippen LogP contribution in [0.2, 0.25) is 0 Å². The first-order chi connectivity index (χ1) is 6.57. The van der Waals surface area contributed by atoms with E-state index in [9.17, 15) is 13.2 Å². The van der Waals surface area contributed by atoms with Gasteiger partial charge in [-0.05, 0) is 18.6 Å². The van der Waals surface area contributed by atoms with Crippen LogP contribution in [-0.4, -0.2) is 13.0 Å². The van der Waals surface area contributed by atoms with Crippen LogP contribution in [0.15, 0.2) is 18.2 Å². The lowest BCUT2D eigenvalue weighted by Crippen LogP contribution is -2.21. The fourth-order valence-electron chi connectivity index (χ4n) is 1.46. The fourth-order valence-corrected chi connectivity index (χ4v) is 1.46. The van der Waals surface area contributed by atoms with E-state index in [1.165, 1.54) is 12.1 Å². The van der Waals surface area contributed by atoms with Gasteiger partial charge in [-0.15, -0.1) is 0 Å². The number of hydrogen-bond acceptors (Lipinski definition) is 1. The molecule has 4 heteroatoms. The van der Waals surface area contributed by atoms with Gasteiger partial charge >= 0.3 is 0 Å². The van der Waals surface area contributed by atoms with Gasteiger partial charge in [0.15, 0.2) is 0 Å². The highest BCUT2D eigenvalue weighted by atomic mass is 19.3. The van der Waals surface area contributed by atoms with Gasteiger partial charge in [0.05, 0.1) is 5.92 Å². The van der Waals surface area contributed by atoms with Crippen LogP contribution in [-0.2, 0) is 0 Å². The normalized spacial score (nSPS) is 13.3. The number of rotatable bonds is 3. The Labute approximate surface area is 80.7 Å². The van der Waals surface area contributed by atoms with Crippen LogP contribution in [0.3, 0.4) is 0 Å². The summed E-state index contributed by atoms with van der Waals surface area (Å²) in [6.07, 6.45) is -2.63. The van der Waals surface area contributed by atoms with Crippen molar-refractivity contribution in [3.05, 3.63) is 35.1 Å². The monoisotopic (exact) mass is 203 g/mol. The molecule has 0 bridgehead atoms. The van der Waals surface area contributed by atoms with Gasteiger partial charge in [0, 0.05) is 12.1 Å². The van der Waals surface area contributed by atoms with E-state index in [0.29, 0.717) is 5.56 Å². The second-order valence-electron chi connectivity index (χ2n) is 3.15. The predicted molar refractivity (Wildman–Crippen MR) is 48.9 cm³/mol. The van der Waals surface area contributed by atoms with E-state index in [1.54, 1.807) is 13.0 Å². The second-order valence-corrected chi connectivity index (χ2v) is 3.15. The summed E-state index contributed by atoms with van der Waals surface area (Å²) in [5.41, 5.74) is 5.74. The summed E-state index contributed by atoms with van der Waals surface area (Å²) < 4.78 is 38.3. The Hall–Kier alpha value is -1.03. The van der Waals surface area contributed by atoms with Crippen LogP contribution in [0, 0.1) is 12.7 Å². The zero-order valence-corrected chi connectivity index (χ0v) is 7.81. The van der Waals surface area contributed by atoms with Crippen molar-refractivity contribution in [1.82, 2.24) is 0 Å². The van der Waals surface area contributed by atoms with Crippen LogP contribution in [0.4, 0.5) is 13.2 Å². The quantitative estimate of drug-likeness (QED) is 0.802. The van der Waals surface area contributed by atoms with Crippen molar-refractivity contribution in [1.29, 1.82) is 0 Å². The maximum absolute atomic E-state index is 13.3. The molecule has 0 heterocycles. The van der Waals surface area contributed by atoms with Gasteiger partial charge < -0.3 is 5.73 Å². The molecule has 1 aromatic rings. The molecule has 1 atom stereocenters. The average Bonchev–Trinajstić information content (AvgIpc) is 2.10. The fraction of sp³-hybridized carbons (Fsp3) is 0.400. The number of nitrogens with two attached hydrogens (primary N) is 1. The molecule has 0 saturated carbocycles. The second kappa shape index (κ2) is 4.46. The minimum Gasteiger partial charge on any atom is -0.330 e. The molecular formula is C10H12F3N. The first-order valence-electron chi connectivity index (χ1n) is 4.31. The van der Waals surface area contributed by atoms with Gasteiger partial charge in [0.25, 0.3) is 0 Å². The van der Waals surface area contributed by atoms with Crippen molar-refractivity contribution in [3.8, 4) is 0 Å². The molecule has 1 unspecified atom stereocenters. The van der Waals surface area contributed by atoms with E-state index in [0.717, 1.165) is 0 Å². The summed E-state index contributed by atoms with van der Waals surface area (Å²) >= 11 is 0. The molecule has 1 nitrogen and oxygen atoms in total. The molecule has 0 radical (unpaired) electrons. The highest BCUT2D eigenvalue weighted by Crippen LogP contribution is 2.27. The van der Waals surface area contributed by atoms with Gasteiger partial charge in [-0.1, -0.05) is 12.1 Å². The SMILES string of the molecule is Cc1cccc(F)c1C(CN)C(F)F. The molecule has 0 aromatic heterocycles. The van der Waals surface area contributed by atoms with Crippen LogP contribution in [0.1, 0.15) is 17.0 Å². The third-order valence-corrected chi connectivity index (χ3v) is 2.20. The Bertz CT molecular complexity index is 292. The van der Waals surface area contributed by atoms with E-state index in [4.69, 9.17) is 5.73 Å². The molecule has 78 valence electrons. The lowest BCUT2D eigenvalue weighted by Gasteiger charge is -2.17. The van der Waals surface area contributed by atoms with Crippen molar-refractivity contribution in [2.75, 3.05) is 6.54 Å². The summed E-state index contributed by atoms with van der Waals surface area (Å²) in [6.45, 7) is 1.35. The number of aryl methyl sites for hydroxylation is 1. The summed E-state index contributed by atoms with van der Waals surface area (Å²) in [4.78, 5) is 0. The van der Waals surface area contributed by atoms with E-state index < -0.39 is 18.2 Å². The predicted octanol–water partition coefficient (Wildman–Crippen LogP) is 2.44. The van der Waals surface area contributed by atoms with E-state index in [2.05, 4.69) is 0 Å². The van der Waals surface area contributed by atoms with Crippen molar-refractivity contribution in [3.63, 3.8) is 0 Å². The first-order valence-corrected chi connectivity index (χ1v) is 4.31. The minimum atomic E-state index is -2.63. The van der Waals surface area contributed by atoms with Gasteiger partial charge in [-0.25, -0.2) is 13.2 Å². The molecule has 2 N–H and O–H groups in total. The Kier molecular flexibility index (Phi) is 3.52. The lowest BCUT2D eigenvalue weighted by molar-refractivity contribution is 0.115. The molecule has 0 saturated heterocycles. The summed E-state index contributed by atoms with van der Waals surface area (Å²) in [5, 5.41) is 0. The zero-order chi connectivity index (χ0) is 10.7. The van der Waals surface area contributed by atoms with Crippen molar-refractivity contribution in [2.45, 2.75) is 19.3 Å². The largest absolute Gasteiger partial charge is 0.330 e. The Morgan fingerprint density at radius 3 is 2.43 bits per heavy atom. The molecule has 1 aromatic carbocycles. The number of alkyl halides is 2.